The van der Waals surface area contributed by atoms with Crippen LogP contribution in [0.5, 0.6) is 5.75 Å². The summed E-state index contributed by atoms with van der Waals surface area (Å²) in [6.07, 6.45) is 3.64. The average molecular weight is 347 g/mol. The number of para-hydroxylation sites is 1. The van der Waals surface area contributed by atoms with Gasteiger partial charge in [-0.05, 0) is 23.8 Å². The SMILES string of the molecule is Nc1cc(OCc2ccccc2)c2c(n1)C=CN(c1ccccc1F)C2. The molecule has 0 bridgehead atoms. The highest BCUT2D eigenvalue weighted by atomic mass is 19.1. The van der Waals surface area contributed by atoms with Crippen LogP contribution in [0.25, 0.3) is 6.08 Å². The van der Waals surface area contributed by atoms with Crippen LogP contribution >= 0.6 is 0 Å². The first-order valence-corrected chi connectivity index (χ1v) is 8.36. The Labute approximate surface area is 151 Å². The quantitative estimate of drug-likeness (QED) is 0.761. The maximum Gasteiger partial charge on any atom is 0.146 e. The van der Waals surface area contributed by atoms with E-state index in [0.717, 1.165) is 16.8 Å². The Hall–Kier alpha value is -3.34. The van der Waals surface area contributed by atoms with E-state index >= 15 is 0 Å². The van der Waals surface area contributed by atoms with Gasteiger partial charge in [-0.1, -0.05) is 42.5 Å². The third-order valence-corrected chi connectivity index (χ3v) is 4.28. The first-order chi connectivity index (χ1) is 12.7. The van der Waals surface area contributed by atoms with Gasteiger partial charge in [-0.25, -0.2) is 9.37 Å². The molecule has 3 aromatic rings. The van der Waals surface area contributed by atoms with Crippen LogP contribution in [0.4, 0.5) is 15.9 Å². The van der Waals surface area contributed by atoms with E-state index in [9.17, 15) is 4.39 Å². The lowest BCUT2D eigenvalue weighted by Gasteiger charge is -2.27. The topological polar surface area (TPSA) is 51.4 Å². The number of hydrogen-bond donors (Lipinski definition) is 1. The van der Waals surface area contributed by atoms with Gasteiger partial charge in [-0.15, -0.1) is 0 Å². The Balaban J connectivity index is 1.63. The third-order valence-electron chi connectivity index (χ3n) is 4.28. The van der Waals surface area contributed by atoms with Crippen LogP contribution in [-0.2, 0) is 13.2 Å². The summed E-state index contributed by atoms with van der Waals surface area (Å²) >= 11 is 0. The molecule has 26 heavy (non-hydrogen) atoms. The van der Waals surface area contributed by atoms with Gasteiger partial charge < -0.3 is 15.4 Å². The van der Waals surface area contributed by atoms with E-state index in [2.05, 4.69) is 4.98 Å². The third kappa shape index (κ3) is 3.24. The van der Waals surface area contributed by atoms with Crippen molar-refractivity contribution in [2.75, 3.05) is 10.6 Å². The van der Waals surface area contributed by atoms with Gasteiger partial charge in [0.25, 0.3) is 0 Å². The molecule has 2 heterocycles. The first kappa shape index (κ1) is 16.1. The summed E-state index contributed by atoms with van der Waals surface area (Å²) in [5.74, 6) is 0.800. The van der Waals surface area contributed by atoms with E-state index in [4.69, 9.17) is 10.5 Å². The van der Waals surface area contributed by atoms with Crippen LogP contribution in [0.2, 0.25) is 0 Å². The molecule has 0 fully saturated rings. The molecule has 0 spiro atoms. The molecule has 1 aliphatic rings. The van der Waals surface area contributed by atoms with E-state index in [-0.39, 0.29) is 5.82 Å². The van der Waals surface area contributed by atoms with Crippen molar-refractivity contribution in [2.24, 2.45) is 0 Å². The molecule has 4 nitrogen and oxygen atoms in total. The van der Waals surface area contributed by atoms with Crippen molar-refractivity contribution < 1.29 is 9.13 Å². The molecule has 1 aliphatic heterocycles. The molecule has 0 radical (unpaired) electrons. The molecular formula is C21H18FN3O. The lowest BCUT2D eigenvalue weighted by molar-refractivity contribution is 0.302. The van der Waals surface area contributed by atoms with E-state index in [1.165, 1.54) is 6.07 Å². The fraction of sp³-hybridized carbons (Fsp3) is 0.0952. The summed E-state index contributed by atoms with van der Waals surface area (Å²) in [5, 5.41) is 0. The van der Waals surface area contributed by atoms with Gasteiger partial charge in [0.15, 0.2) is 0 Å². The van der Waals surface area contributed by atoms with Crippen molar-refractivity contribution in [3.8, 4) is 5.75 Å². The molecule has 0 saturated carbocycles. The number of nitrogen functional groups attached to an aromatic ring is 1. The normalized spacial score (nSPS) is 12.7. The van der Waals surface area contributed by atoms with Crippen LogP contribution in [-0.4, -0.2) is 4.98 Å². The van der Waals surface area contributed by atoms with Crippen molar-refractivity contribution in [2.45, 2.75) is 13.2 Å². The second kappa shape index (κ2) is 6.88. The van der Waals surface area contributed by atoms with Crippen LogP contribution in [0.3, 0.4) is 0 Å². The molecule has 2 aromatic carbocycles. The zero-order chi connectivity index (χ0) is 17.9. The lowest BCUT2D eigenvalue weighted by Crippen LogP contribution is -2.21. The summed E-state index contributed by atoms with van der Waals surface area (Å²) in [4.78, 5) is 6.21. The summed E-state index contributed by atoms with van der Waals surface area (Å²) in [7, 11) is 0. The second-order valence-electron chi connectivity index (χ2n) is 6.08. The number of anilines is 2. The molecule has 2 N–H and O–H groups in total. The van der Waals surface area contributed by atoms with Gasteiger partial charge >= 0.3 is 0 Å². The number of ether oxygens (including phenoxy) is 1. The van der Waals surface area contributed by atoms with Gasteiger partial charge in [0.1, 0.15) is 24.0 Å². The van der Waals surface area contributed by atoms with Crippen molar-refractivity contribution in [3.05, 3.63) is 89.5 Å². The fourth-order valence-electron chi connectivity index (χ4n) is 2.98. The molecule has 0 unspecified atom stereocenters. The van der Waals surface area contributed by atoms with Gasteiger partial charge in [0, 0.05) is 17.8 Å². The minimum atomic E-state index is -0.268. The highest BCUT2D eigenvalue weighted by molar-refractivity contribution is 5.66. The molecule has 5 heteroatoms. The molecule has 1 aromatic heterocycles. The monoisotopic (exact) mass is 347 g/mol. The number of benzene rings is 2. The van der Waals surface area contributed by atoms with E-state index in [1.54, 1.807) is 18.2 Å². The summed E-state index contributed by atoms with van der Waals surface area (Å²) in [6.45, 7) is 0.893. The second-order valence-corrected chi connectivity index (χ2v) is 6.08. The first-order valence-electron chi connectivity index (χ1n) is 8.36. The molecule has 0 amide bonds. The lowest BCUT2D eigenvalue weighted by atomic mass is 10.1. The van der Waals surface area contributed by atoms with Crippen LogP contribution in [0.15, 0.2) is 66.9 Å². The number of hydrogen-bond acceptors (Lipinski definition) is 4. The van der Waals surface area contributed by atoms with Gasteiger partial charge in [0.05, 0.1) is 17.9 Å². The number of halogens is 1. The van der Waals surface area contributed by atoms with Crippen molar-refractivity contribution in [1.82, 2.24) is 4.98 Å². The predicted molar refractivity (Wildman–Crippen MR) is 101 cm³/mol. The van der Waals surface area contributed by atoms with Crippen molar-refractivity contribution >= 4 is 17.6 Å². The number of nitrogens with two attached hydrogens (primary N) is 1. The molecule has 4 rings (SSSR count). The van der Waals surface area contributed by atoms with E-state index in [0.29, 0.717) is 30.4 Å². The fourth-order valence-corrected chi connectivity index (χ4v) is 2.98. The molecule has 0 saturated heterocycles. The van der Waals surface area contributed by atoms with Crippen LogP contribution in [0, 0.1) is 5.82 Å². The molecular weight excluding hydrogens is 329 g/mol. The van der Waals surface area contributed by atoms with Gasteiger partial charge in [-0.2, -0.15) is 0 Å². The highest BCUT2D eigenvalue weighted by Crippen LogP contribution is 2.33. The summed E-state index contributed by atoms with van der Waals surface area (Å²) in [6, 6.07) is 18.3. The van der Waals surface area contributed by atoms with Crippen LogP contribution in [0.1, 0.15) is 16.8 Å². The maximum atomic E-state index is 14.1. The van der Waals surface area contributed by atoms with Gasteiger partial charge in [0.2, 0.25) is 0 Å². The number of fused-ring (bicyclic) bond motifs is 1. The zero-order valence-corrected chi connectivity index (χ0v) is 14.1. The van der Waals surface area contributed by atoms with Gasteiger partial charge in [-0.3, -0.25) is 0 Å². The average Bonchev–Trinajstić information content (AvgIpc) is 2.67. The zero-order valence-electron chi connectivity index (χ0n) is 14.1. The minimum absolute atomic E-state index is 0.268. The number of pyridine rings is 1. The number of nitrogens with zero attached hydrogens (tertiary/aromatic N) is 2. The van der Waals surface area contributed by atoms with Crippen molar-refractivity contribution in [1.29, 1.82) is 0 Å². The minimum Gasteiger partial charge on any atom is -0.488 e. The predicted octanol–water partition coefficient (Wildman–Crippen LogP) is 4.37. The largest absolute Gasteiger partial charge is 0.488 e. The number of rotatable bonds is 4. The molecule has 130 valence electrons. The Morgan fingerprint density at radius 2 is 1.85 bits per heavy atom. The Morgan fingerprint density at radius 3 is 2.65 bits per heavy atom. The summed E-state index contributed by atoms with van der Waals surface area (Å²) < 4.78 is 20.2. The van der Waals surface area contributed by atoms with E-state index in [1.807, 2.05) is 53.6 Å². The van der Waals surface area contributed by atoms with Crippen LogP contribution < -0.4 is 15.4 Å². The number of aromatic nitrogens is 1. The Kier molecular flexibility index (Phi) is 4.27. The smallest absolute Gasteiger partial charge is 0.146 e. The standard InChI is InChI=1S/C21H18FN3O/c22-17-8-4-5-9-19(17)25-11-10-18-16(13-25)20(12-21(23)24-18)26-14-15-6-2-1-3-7-15/h1-12H,13-14H2,(H2,23,24). The Morgan fingerprint density at radius 1 is 1.08 bits per heavy atom. The maximum absolute atomic E-state index is 14.1. The summed E-state index contributed by atoms with van der Waals surface area (Å²) in [5.41, 5.74) is 9.14. The highest BCUT2D eigenvalue weighted by Gasteiger charge is 2.20. The molecule has 0 aliphatic carbocycles. The van der Waals surface area contributed by atoms with Crippen molar-refractivity contribution in [3.63, 3.8) is 0 Å². The Bertz CT molecular complexity index is 957. The molecule has 0 atom stereocenters. The van der Waals surface area contributed by atoms with E-state index < -0.39 is 0 Å².